The maximum absolute atomic E-state index is 5.91. The first-order valence-corrected chi connectivity index (χ1v) is 6.59. The van der Waals surface area contributed by atoms with Gasteiger partial charge in [0.1, 0.15) is 17.7 Å². The Morgan fingerprint density at radius 1 is 1.32 bits per heavy atom. The van der Waals surface area contributed by atoms with E-state index in [0.29, 0.717) is 17.5 Å². The standard InChI is InChI=1S/C13H22N4O2/c1-13(2,3)12-15-10(17-14)8-11(16-12)19-9-4-6-18-7-5-9/h8-9H,4-7,14H2,1-3H3,(H,15,16,17). The van der Waals surface area contributed by atoms with Gasteiger partial charge in [0.2, 0.25) is 5.88 Å². The van der Waals surface area contributed by atoms with Gasteiger partial charge in [-0.1, -0.05) is 20.8 Å². The summed E-state index contributed by atoms with van der Waals surface area (Å²) in [7, 11) is 0. The highest BCUT2D eigenvalue weighted by atomic mass is 16.5. The molecule has 0 saturated carbocycles. The molecular formula is C13H22N4O2. The number of hydrogen-bond donors (Lipinski definition) is 2. The van der Waals surface area contributed by atoms with Crippen LogP contribution >= 0.6 is 0 Å². The fourth-order valence-electron chi connectivity index (χ4n) is 1.86. The molecule has 1 saturated heterocycles. The molecule has 0 bridgehead atoms. The minimum absolute atomic E-state index is 0.152. The molecule has 0 amide bonds. The fraction of sp³-hybridized carbons (Fsp3) is 0.692. The largest absolute Gasteiger partial charge is 0.474 e. The van der Waals surface area contributed by atoms with Gasteiger partial charge in [-0.3, -0.25) is 0 Å². The number of hydrogen-bond acceptors (Lipinski definition) is 6. The lowest BCUT2D eigenvalue weighted by Crippen LogP contribution is -2.27. The molecule has 2 heterocycles. The molecule has 2 rings (SSSR count). The molecule has 0 aromatic carbocycles. The Hall–Kier alpha value is -1.40. The molecule has 6 heteroatoms. The maximum atomic E-state index is 5.91. The molecule has 1 aliphatic heterocycles. The topological polar surface area (TPSA) is 82.3 Å². The molecule has 1 fully saturated rings. The number of nitrogens with two attached hydrogens (primary N) is 1. The van der Waals surface area contributed by atoms with Crippen LogP contribution in [0.4, 0.5) is 5.82 Å². The second kappa shape index (κ2) is 5.71. The lowest BCUT2D eigenvalue weighted by atomic mass is 9.96. The summed E-state index contributed by atoms with van der Waals surface area (Å²) in [5, 5.41) is 0. The van der Waals surface area contributed by atoms with Gasteiger partial charge in [0.05, 0.1) is 13.2 Å². The van der Waals surface area contributed by atoms with Gasteiger partial charge in [0.15, 0.2) is 0 Å². The molecule has 0 radical (unpaired) electrons. The number of ether oxygens (including phenoxy) is 2. The lowest BCUT2D eigenvalue weighted by molar-refractivity contribution is 0.0235. The number of nitrogen functional groups attached to an aromatic ring is 1. The Morgan fingerprint density at radius 2 is 2.00 bits per heavy atom. The van der Waals surface area contributed by atoms with E-state index >= 15 is 0 Å². The first kappa shape index (κ1) is 14.0. The van der Waals surface area contributed by atoms with Crippen molar-refractivity contribution in [3.8, 4) is 5.88 Å². The summed E-state index contributed by atoms with van der Waals surface area (Å²) in [5.74, 6) is 7.30. The minimum atomic E-state index is -0.152. The van der Waals surface area contributed by atoms with E-state index in [1.54, 1.807) is 6.07 Å². The monoisotopic (exact) mass is 266 g/mol. The van der Waals surface area contributed by atoms with Crippen LogP contribution in [0, 0.1) is 0 Å². The average Bonchev–Trinajstić information content (AvgIpc) is 2.38. The summed E-state index contributed by atoms with van der Waals surface area (Å²) in [5.41, 5.74) is 2.41. The summed E-state index contributed by atoms with van der Waals surface area (Å²) in [6.07, 6.45) is 1.93. The molecular weight excluding hydrogens is 244 g/mol. The van der Waals surface area contributed by atoms with E-state index in [1.165, 1.54) is 0 Å². The molecule has 1 aromatic heterocycles. The zero-order valence-corrected chi connectivity index (χ0v) is 11.8. The highest BCUT2D eigenvalue weighted by molar-refractivity contribution is 5.38. The minimum Gasteiger partial charge on any atom is -0.474 e. The predicted molar refractivity (Wildman–Crippen MR) is 73.0 cm³/mol. The molecule has 0 aliphatic carbocycles. The molecule has 0 spiro atoms. The van der Waals surface area contributed by atoms with Crippen molar-refractivity contribution >= 4 is 5.82 Å². The number of hydrazine groups is 1. The summed E-state index contributed by atoms with van der Waals surface area (Å²) in [6, 6.07) is 1.73. The van der Waals surface area contributed by atoms with Gasteiger partial charge in [0, 0.05) is 24.3 Å². The predicted octanol–water partition coefficient (Wildman–Crippen LogP) is 1.62. The van der Waals surface area contributed by atoms with Crippen LogP contribution in [0.3, 0.4) is 0 Å². The van der Waals surface area contributed by atoms with Crippen molar-refractivity contribution in [2.45, 2.75) is 45.1 Å². The Kier molecular flexibility index (Phi) is 4.21. The molecule has 106 valence electrons. The highest BCUT2D eigenvalue weighted by Crippen LogP contribution is 2.24. The van der Waals surface area contributed by atoms with Crippen LogP contribution in [0.5, 0.6) is 5.88 Å². The van der Waals surface area contributed by atoms with Crippen molar-refractivity contribution in [3.63, 3.8) is 0 Å². The van der Waals surface area contributed by atoms with Crippen LogP contribution in [-0.2, 0) is 10.2 Å². The SMILES string of the molecule is CC(C)(C)c1nc(NN)cc(OC2CCOCC2)n1. The number of rotatable bonds is 3. The number of nitrogens with zero attached hydrogens (tertiary/aromatic N) is 2. The Bertz CT molecular complexity index is 425. The summed E-state index contributed by atoms with van der Waals surface area (Å²) in [4.78, 5) is 8.84. The normalized spacial score (nSPS) is 17.3. The second-order valence-electron chi connectivity index (χ2n) is 5.74. The molecule has 1 aliphatic rings. The van der Waals surface area contributed by atoms with E-state index in [9.17, 15) is 0 Å². The Labute approximate surface area is 113 Å². The summed E-state index contributed by atoms with van der Waals surface area (Å²) >= 11 is 0. The first-order valence-electron chi connectivity index (χ1n) is 6.59. The van der Waals surface area contributed by atoms with Crippen molar-refractivity contribution in [2.75, 3.05) is 18.6 Å². The van der Waals surface area contributed by atoms with Crippen molar-refractivity contribution in [2.24, 2.45) is 5.84 Å². The molecule has 0 unspecified atom stereocenters. The van der Waals surface area contributed by atoms with Crippen LogP contribution in [-0.4, -0.2) is 29.3 Å². The van der Waals surface area contributed by atoms with Crippen LogP contribution in [0.15, 0.2) is 6.07 Å². The van der Waals surface area contributed by atoms with Gasteiger partial charge in [-0.05, 0) is 0 Å². The van der Waals surface area contributed by atoms with E-state index in [-0.39, 0.29) is 11.5 Å². The van der Waals surface area contributed by atoms with Crippen molar-refractivity contribution < 1.29 is 9.47 Å². The van der Waals surface area contributed by atoms with Crippen molar-refractivity contribution in [1.29, 1.82) is 0 Å². The quantitative estimate of drug-likeness (QED) is 0.639. The number of aromatic nitrogens is 2. The van der Waals surface area contributed by atoms with Gasteiger partial charge in [-0.25, -0.2) is 10.8 Å². The molecule has 19 heavy (non-hydrogen) atoms. The van der Waals surface area contributed by atoms with Gasteiger partial charge < -0.3 is 14.9 Å². The molecule has 3 N–H and O–H groups in total. The smallest absolute Gasteiger partial charge is 0.219 e. The van der Waals surface area contributed by atoms with E-state index in [2.05, 4.69) is 36.2 Å². The lowest BCUT2D eigenvalue weighted by Gasteiger charge is -2.24. The molecule has 0 atom stereocenters. The molecule has 1 aromatic rings. The number of nitrogens with one attached hydrogen (secondary N) is 1. The van der Waals surface area contributed by atoms with Crippen molar-refractivity contribution in [3.05, 3.63) is 11.9 Å². The fourth-order valence-corrected chi connectivity index (χ4v) is 1.86. The second-order valence-corrected chi connectivity index (χ2v) is 5.74. The van der Waals surface area contributed by atoms with E-state index in [4.69, 9.17) is 15.3 Å². The Morgan fingerprint density at radius 3 is 2.58 bits per heavy atom. The van der Waals surface area contributed by atoms with Gasteiger partial charge in [-0.2, -0.15) is 4.98 Å². The number of anilines is 1. The zero-order valence-electron chi connectivity index (χ0n) is 11.8. The van der Waals surface area contributed by atoms with E-state index < -0.39 is 0 Å². The average molecular weight is 266 g/mol. The highest BCUT2D eigenvalue weighted by Gasteiger charge is 2.21. The van der Waals surface area contributed by atoms with Crippen molar-refractivity contribution in [1.82, 2.24) is 9.97 Å². The third-order valence-electron chi connectivity index (χ3n) is 2.98. The summed E-state index contributed by atoms with van der Waals surface area (Å²) < 4.78 is 11.2. The Balaban J connectivity index is 2.19. The summed E-state index contributed by atoms with van der Waals surface area (Å²) in [6.45, 7) is 7.65. The van der Waals surface area contributed by atoms with Crippen LogP contribution in [0.2, 0.25) is 0 Å². The van der Waals surface area contributed by atoms with Gasteiger partial charge in [0.25, 0.3) is 0 Å². The zero-order chi connectivity index (χ0) is 13.9. The van der Waals surface area contributed by atoms with Gasteiger partial charge >= 0.3 is 0 Å². The van der Waals surface area contributed by atoms with Gasteiger partial charge in [-0.15, -0.1) is 0 Å². The molecule has 6 nitrogen and oxygen atoms in total. The van der Waals surface area contributed by atoms with Crippen LogP contribution < -0.4 is 16.0 Å². The van der Waals surface area contributed by atoms with Crippen LogP contribution in [0.1, 0.15) is 39.4 Å². The maximum Gasteiger partial charge on any atom is 0.219 e. The van der Waals surface area contributed by atoms with E-state index in [0.717, 1.165) is 26.1 Å². The van der Waals surface area contributed by atoms with Crippen LogP contribution in [0.25, 0.3) is 0 Å². The third kappa shape index (κ3) is 3.78. The van der Waals surface area contributed by atoms with E-state index in [1.807, 2.05) is 0 Å². The third-order valence-corrected chi connectivity index (χ3v) is 2.98. The first-order chi connectivity index (χ1) is 8.99.